The number of rotatable bonds is 3. The standard InChI is InChI=1S/C17H18FN3O3/c1-24-12-5-4-11-14(13(12)18)19-9-20-15(11)21-7-10-3-2-6-17(10,8-21)16(22)23/h4-5,9-10H,2-3,6-8H2,1H3,(H,22,23)/t10-,17+/m0/s1. The van der Waals surface area contributed by atoms with E-state index in [1.54, 1.807) is 12.1 Å². The van der Waals surface area contributed by atoms with E-state index in [0.717, 1.165) is 12.8 Å². The summed E-state index contributed by atoms with van der Waals surface area (Å²) >= 11 is 0. The summed E-state index contributed by atoms with van der Waals surface area (Å²) in [5.41, 5.74) is -0.511. The van der Waals surface area contributed by atoms with Gasteiger partial charge in [0.2, 0.25) is 0 Å². The van der Waals surface area contributed by atoms with Crippen molar-refractivity contribution in [1.82, 2.24) is 9.97 Å². The smallest absolute Gasteiger partial charge is 0.311 e. The van der Waals surface area contributed by atoms with Gasteiger partial charge in [-0.15, -0.1) is 0 Å². The van der Waals surface area contributed by atoms with Crippen molar-refractivity contribution in [3.8, 4) is 5.75 Å². The zero-order chi connectivity index (χ0) is 16.9. The fourth-order valence-corrected chi connectivity index (χ4v) is 4.27. The molecule has 126 valence electrons. The Morgan fingerprint density at radius 1 is 1.46 bits per heavy atom. The second kappa shape index (κ2) is 5.29. The molecule has 0 amide bonds. The Bertz CT molecular complexity index is 828. The van der Waals surface area contributed by atoms with Crippen LogP contribution in [0, 0.1) is 17.2 Å². The van der Waals surface area contributed by atoms with Crippen molar-refractivity contribution in [1.29, 1.82) is 0 Å². The lowest BCUT2D eigenvalue weighted by Gasteiger charge is -2.24. The molecule has 1 aromatic carbocycles. The number of hydrogen-bond acceptors (Lipinski definition) is 5. The molecular formula is C17H18FN3O3. The molecule has 0 unspecified atom stereocenters. The van der Waals surface area contributed by atoms with E-state index in [1.165, 1.54) is 13.4 Å². The largest absolute Gasteiger partial charge is 0.494 e. The predicted molar refractivity (Wildman–Crippen MR) is 85.7 cm³/mol. The third-order valence-corrected chi connectivity index (χ3v) is 5.50. The minimum atomic E-state index is -0.737. The highest BCUT2D eigenvalue weighted by Gasteiger charge is 2.55. The maximum absolute atomic E-state index is 14.4. The quantitative estimate of drug-likeness (QED) is 0.931. The van der Waals surface area contributed by atoms with Crippen LogP contribution in [0.2, 0.25) is 0 Å². The molecule has 1 N–H and O–H groups in total. The molecule has 1 saturated carbocycles. The van der Waals surface area contributed by atoms with Gasteiger partial charge in [-0.1, -0.05) is 6.42 Å². The normalized spacial score (nSPS) is 25.9. The Balaban J connectivity index is 1.78. The number of fused-ring (bicyclic) bond motifs is 2. The van der Waals surface area contributed by atoms with Crippen LogP contribution in [0.5, 0.6) is 5.75 Å². The lowest BCUT2D eigenvalue weighted by molar-refractivity contribution is -0.149. The van der Waals surface area contributed by atoms with Crippen LogP contribution in [-0.2, 0) is 4.79 Å². The predicted octanol–water partition coefficient (Wildman–Crippen LogP) is 2.47. The molecule has 1 aliphatic heterocycles. The summed E-state index contributed by atoms with van der Waals surface area (Å²) in [6.45, 7) is 1.04. The third-order valence-electron chi connectivity index (χ3n) is 5.50. The molecule has 2 heterocycles. The van der Waals surface area contributed by atoms with Gasteiger partial charge in [0.25, 0.3) is 0 Å². The molecule has 2 aromatic rings. The van der Waals surface area contributed by atoms with Gasteiger partial charge in [-0.25, -0.2) is 14.4 Å². The van der Waals surface area contributed by atoms with E-state index < -0.39 is 17.2 Å². The number of carbonyl (C=O) groups is 1. The second-order valence-electron chi connectivity index (χ2n) is 6.61. The Labute approximate surface area is 138 Å². The number of aromatic nitrogens is 2. The summed E-state index contributed by atoms with van der Waals surface area (Å²) in [6.07, 6.45) is 3.87. The average Bonchev–Trinajstić information content (AvgIpc) is 3.13. The highest BCUT2D eigenvalue weighted by atomic mass is 19.1. The zero-order valence-electron chi connectivity index (χ0n) is 13.3. The van der Waals surface area contributed by atoms with Crippen LogP contribution in [-0.4, -0.2) is 41.2 Å². The molecule has 7 heteroatoms. The topological polar surface area (TPSA) is 75.5 Å². The number of aliphatic carboxylic acids is 1. The first kappa shape index (κ1) is 15.1. The average molecular weight is 331 g/mol. The van der Waals surface area contributed by atoms with Gasteiger partial charge in [-0.05, 0) is 30.9 Å². The van der Waals surface area contributed by atoms with Crippen LogP contribution in [0.25, 0.3) is 10.9 Å². The molecule has 2 aliphatic rings. The number of halogens is 1. The number of methoxy groups -OCH3 is 1. The van der Waals surface area contributed by atoms with Crippen molar-refractivity contribution in [2.24, 2.45) is 11.3 Å². The molecule has 0 bridgehead atoms. The van der Waals surface area contributed by atoms with Gasteiger partial charge in [-0.3, -0.25) is 4.79 Å². The molecule has 1 aliphatic carbocycles. The first-order valence-electron chi connectivity index (χ1n) is 8.02. The first-order valence-corrected chi connectivity index (χ1v) is 8.02. The van der Waals surface area contributed by atoms with E-state index in [-0.39, 0.29) is 17.2 Å². The Morgan fingerprint density at radius 3 is 3.00 bits per heavy atom. The summed E-state index contributed by atoms with van der Waals surface area (Å²) in [7, 11) is 1.41. The van der Waals surface area contributed by atoms with E-state index >= 15 is 0 Å². The molecule has 1 aromatic heterocycles. The summed E-state index contributed by atoms with van der Waals surface area (Å²) in [5, 5.41) is 10.3. The van der Waals surface area contributed by atoms with Crippen LogP contribution in [0.1, 0.15) is 19.3 Å². The highest BCUT2D eigenvalue weighted by molar-refractivity contribution is 5.91. The lowest BCUT2D eigenvalue weighted by atomic mass is 9.81. The molecule has 1 saturated heterocycles. The Morgan fingerprint density at radius 2 is 2.29 bits per heavy atom. The van der Waals surface area contributed by atoms with Crippen molar-refractivity contribution >= 4 is 22.7 Å². The van der Waals surface area contributed by atoms with Crippen LogP contribution in [0.3, 0.4) is 0 Å². The van der Waals surface area contributed by atoms with E-state index in [1.807, 2.05) is 4.90 Å². The van der Waals surface area contributed by atoms with Gasteiger partial charge in [0.15, 0.2) is 11.6 Å². The maximum atomic E-state index is 14.4. The van der Waals surface area contributed by atoms with Crippen molar-refractivity contribution < 1.29 is 19.0 Å². The van der Waals surface area contributed by atoms with E-state index in [9.17, 15) is 14.3 Å². The van der Waals surface area contributed by atoms with Gasteiger partial charge < -0.3 is 14.7 Å². The number of ether oxygens (including phenoxy) is 1. The Kier molecular flexibility index (Phi) is 3.33. The molecule has 2 atom stereocenters. The van der Waals surface area contributed by atoms with Gasteiger partial charge in [0.1, 0.15) is 17.7 Å². The summed E-state index contributed by atoms with van der Waals surface area (Å²) in [4.78, 5) is 22.2. The number of anilines is 1. The molecule has 0 radical (unpaired) electrons. The van der Waals surface area contributed by atoms with Gasteiger partial charge in [-0.2, -0.15) is 0 Å². The summed E-state index contributed by atoms with van der Waals surface area (Å²) < 4.78 is 19.4. The monoisotopic (exact) mass is 331 g/mol. The van der Waals surface area contributed by atoms with Crippen LogP contribution < -0.4 is 9.64 Å². The Hall–Kier alpha value is -2.44. The molecule has 24 heavy (non-hydrogen) atoms. The second-order valence-corrected chi connectivity index (χ2v) is 6.61. The number of carboxylic acid groups (broad SMARTS) is 1. The number of hydrogen-bond donors (Lipinski definition) is 1. The van der Waals surface area contributed by atoms with E-state index in [0.29, 0.717) is 30.7 Å². The number of carboxylic acids is 1. The minimum Gasteiger partial charge on any atom is -0.494 e. The molecular weight excluding hydrogens is 313 g/mol. The lowest BCUT2D eigenvalue weighted by Crippen LogP contribution is -2.35. The SMILES string of the molecule is COc1ccc2c(N3C[C@@H]4CCC[C@@]4(C(=O)O)C3)ncnc2c1F. The zero-order valence-corrected chi connectivity index (χ0v) is 13.3. The molecule has 6 nitrogen and oxygen atoms in total. The van der Waals surface area contributed by atoms with Gasteiger partial charge in [0.05, 0.1) is 12.5 Å². The molecule has 0 spiro atoms. The summed E-state index contributed by atoms with van der Waals surface area (Å²) in [6, 6.07) is 3.28. The van der Waals surface area contributed by atoms with Crippen LogP contribution >= 0.6 is 0 Å². The fraction of sp³-hybridized carbons (Fsp3) is 0.471. The third kappa shape index (κ3) is 1.96. The summed E-state index contributed by atoms with van der Waals surface area (Å²) in [5.74, 6) is -0.420. The van der Waals surface area contributed by atoms with Crippen LogP contribution in [0.4, 0.5) is 10.2 Å². The first-order chi connectivity index (χ1) is 11.6. The van der Waals surface area contributed by atoms with Crippen molar-refractivity contribution in [2.45, 2.75) is 19.3 Å². The number of benzene rings is 1. The molecule has 4 rings (SSSR count). The van der Waals surface area contributed by atoms with Crippen molar-refractivity contribution in [2.75, 3.05) is 25.1 Å². The maximum Gasteiger partial charge on any atom is 0.311 e. The van der Waals surface area contributed by atoms with E-state index in [2.05, 4.69) is 9.97 Å². The minimum absolute atomic E-state index is 0.114. The van der Waals surface area contributed by atoms with E-state index in [4.69, 9.17) is 4.74 Å². The van der Waals surface area contributed by atoms with Gasteiger partial charge >= 0.3 is 5.97 Å². The fourth-order valence-electron chi connectivity index (χ4n) is 4.27. The van der Waals surface area contributed by atoms with Crippen molar-refractivity contribution in [3.63, 3.8) is 0 Å². The molecule has 2 fully saturated rings. The van der Waals surface area contributed by atoms with Crippen molar-refractivity contribution in [3.05, 3.63) is 24.3 Å². The highest BCUT2D eigenvalue weighted by Crippen LogP contribution is 2.50. The number of nitrogens with zero attached hydrogens (tertiary/aromatic N) is 3. The van der Waals surface area contributed by atoms with Gasteiger partial charge in [0, 0.05) is 18.5 Å². The van der Waals surface area contributed by atoms with Crippen LogP contribution in [0.15, 0.2) is 18.5 Å².